The van der Waals surface area contributed by atoms with E-state index in [2.05, 4.69) is 0 Å². The Balaban J connectivity index is 1.91. The molecule has 0 aliphatic heterocycles. The highest BCUT2D eigenvalue weighted by Crippen LogP contribution is 2.28. The quantitative estimate of drug-likeness (QED) is 0.925. The van der Waals surface area contributed by atoms with E-state index in [1.54, 1.807) is 17.0 Å². The summed E-state index contributed by atoms with van der Waals surface area (Å²) in [5, 5.41) is 1.05. The lowest BCUT2D eigenvalue weighted by molar-refractivity contribution is -0.131. The highest BCUT2D eigenvalue weighted by molar-refractivity contribution is 6.42. The van der Waals surface area contributed by atoms with Crippen molar-refractivity contribution in [1.29, 1.82) is 0 Å². The largest absolute Gasteiger partial charge is 0.341 e. The average Bonchev–Trinajstić information content (AvgIpc) is 2.79. The first-order chi connectivity index (χ1) is 9.47. The predicted octanol–water partition coefficient (Wildman–Crippen LogP) is 3.47. The minimum Gasteiger partial charge on any atom is -0.341 e. The van der Waals surface area contributed by atoms with Gasteiger partial charge < -0.3 is 10.6 Å². The van der Waals surface area contributed by atoms with Crippen LogP contribution in [0.5, 0.6) is 0 Å². The van der Waals surface area contributed by atoms with Crippen LogP contribution in [-0.4, -0.2) is 23.9 Å². The van der Waals surface area contributed by atoms with Gasteiger partial charge in [-0.05, 0) is 36.5 Å². The summed E-state index contributed by atoms with van der Waals surface area (Å²) in [4.78, 5) is 13.9. The summed E-state index contributed by atoms with van der Waals surface area (Å²) in [6.07, 6.45) is 3.77. The Morgan fingerprint density at radius 3 is 2.70 bits per heavy atom. The van der Waals surface area contributed by atoms with E-state index in [1.165, 1.54) is 0 Å². The van der Waals surface area contributed by atoms with E-state index in [-0.39, 0.29) is 11.9 Å². The van der Waals surface area contributed by atoms with Crippen molar-refractivity contribution in [2.45, 2.75) is 38.3 Å². The van der Waals surface area contributed by atoms with Crippen molar-refractivity contribution >= 4 is 29.1 Å². The fraction of sp³-hybridized carbons (Fsp3) is 0.533. The van der Waals surface area contributed by atoms with E-state index >= 15 is 0 Å². The molecular formula is C15H20Cl2N2O. The molecular weight excluding hydrogens is 295 g/mol. The minimum atomic E-state index is 0.137. The molecule has 0 radical (unpaired) electrons. The summed E-state index contributed by atoms with van der Waals surface area (Å²) in [6, 6.07) is 5.62. The molecule has 2 rings (SSSR count). The van der Waals surface area contributed by atoms with Gasteiger partial charge in [-0.25, -0.2) is 0 Å². The zero-order chi connectivity index (χ0) is 14.7. The molecule has 110 valence electrons. The maximum absolute atomic E-state index is 12.2. The molecule has 3 nitrogen and oxygen atoms in total. The average molecular weight is 315 g/mol. The molecule has 1 aliphatic rings. The van der Waals surface area contributed by atoms with Gasteiger partial charge in [0.25, 0.3) is 0 Å². The molecule has 1 saturated carbocycles. The molecule has 20 heavy (non-hydrogen) atoms. The van der Waals surface area contributed by atoms with Crippen LogP contribution in [0.25, 0.3) is 0 Å². The van der Waals surface area contributed by atoms with Crippen LogP contribution in [0.4, 0.5) is 0 Å². The fourth-order valence-corrected chi connectivity index (χ4v) is 3.02. The lowest BCUT2D eigenvalue weighted by Gasteiger charge is -2.21. The molecule has 2 N–H and O–H groups in total. The second kappa shape index (κ2) is 6.79. The third-order valence-electron chi connectivity index (χ3n) is 3.98. The molecule has 0 saturated heterocycles. The number of benzene rings is 1. The zero-order valence-electron chi connectivity index (χ0n) is 11.6. The summed E-state index contributed by atoms with van der Waals surface area (Å²) in [5.41, 5.74) is 6.99. The van der Waals surface area contributed by atoms with Gasteiger partial charge in [-0.15, -0.1) is 0 Å². The predicted molar refractivity (Wildman–Crippen MR) is 82.9 cm³/mol. The van der Waals surface area contributed by atoms with Crippen molar-refractivity contribution < 1.29 is 4.79 Å². The molecule has 1 aliphatic carbocycles. The molecule has 1 aromatic carbocycles. The van der Waals surface area contributed by atoms with Gasteiger partial charge in [-0.2, -0.15) is 0 Å². The highest BCUT2D eigenvalue weighted by Gasteiger charge is 2.27. The maximum Gasteiger partial charge on any atom is 0.222 e. The van der Waals surface area contributed by atoms with Crippen LogP contribution >= 0.6 is 23.2 Å². The first-order valence-corrected chi connectivity index (χ1v) is 7.66. The molecule has 0 aromatic heterocycles. The molecule has 0 spiro atoms. The molecule has 1 fully saturated rings. The normalized spacial score (nSPS) is 22.0. The summed E-state index contributed by atoms with van der Waals surface area (Å²) < 4.78 is 0. The van der Waals surface area contributed by atoms with E-state index in [0.717, 1.165) is 24.8 Å². The van der Waals surface area contributed by atoms with Crippen molar-refractivity contribution in [2.24, 2.45) is 11.7 Å². The number of carbonyl (C=O) groups excluding carboxylic acids is 1. The Bertz CT molecular complexity index is 493. The Hall–Kier alpha value is -0.770. The number of amides is 1. The van der Waals surface area contributed by atoms with Gasteiger partial charge >= 0.3 is 0 Å². The number of carbonyl (C=O) groups is 1. The summed E-state index contributed by atoms with van der Waals surface area (Å²) in [5.74, 6) is 0.470. The van der Waals surface area contributed by atoms with Gasteiger partial charge in [0, 0.05) is 26.1 Å². The second-order valence-corrected chi connectivity index (χ2v) is 6.37. The van der Waals surface area contributed by atoms with E-state index in [9.17, 15) is 4.79 Å². The van der Waals surface area contributed by atoms with E-state index in [1.807, 2.05) is 13.1 Å². The van der Waals surface area contributed by atoms with E-state index in [0.29, 0.717) is 28.9 Å². The van der Waals surface area contributed by atoms with Crippen LogP contribution in [0.2, 0.25) is 10.0 Å². The number of hydrogen-bond acceptors (Lipinski definition) is 2. The van der Waals surface area contributed by atoms with Crippen molar-refractivity contribution in [2.75, 3.05) is 7.05 Å². The third-order valence-corrected chi connectivity index (χ3v) is 4.72. The van der Waals surface area contributed by atoms with Gasteiger partial charge in [-0.1, -0.05) is 35.7 Å². The van der Waals surface area contributed by atoms with Crippen molar-refractivity contribution in [1.82, 2.24) is 4.90 Å². The topological polar surface area (TPSA) is 46.3 Å². The van der Waals surface area contributed by atoms with Gasteiger partial charge in [0.05, 0.1) is 10.0 Å². The maximum atomic E-state index is 12.2. The minimum absolute atomic E-state index is 0.137. The van der Waals surface area contributed by atoms with Crippen LogP contribution in [0, 0.1) is 5.92 Å². The van der Waals surface area contributed by atoms with E-state index in [4.69, 9.17) is 28.9 Å². The van der Waals surface area contributed by atoms with Crippen LogP contribution in [-0.2, 0) is 11.3 Å². The Kier molecular flexibility index (Phi) is 5.30. The number of nitrogens with two attached hydrogens (primary N) is 1. The second-order valence-electron chi connectivity index (χ2n) is 5.56. The van der Waals surface area contributed by atoms with Crippen molar-refractivity contribution in [3.63, 3.8) is 0 Å². The Morgan fingerprint density at radius 1 is 1.35 bits per heavy atom. The van der Waals surface area contributed by atoms with Crippen molar-refractivity contribution in [3.05, 3.63) is 33.8 Å². The first-order valence-electron chi connectivity index (χ1n) is 6.91. The lowest BCUT2D eigenvalue weighted by Crippen LogP contribution is -2.32. The first kappa shape index (κ1) is 15.6. The summed E-state index contributed by atoms with van der Waals surface area (Å²) >= 11 is 11.9. The fourth-order valence-electron chi connectivity index (χ4n) is 2.70. The highest BCUT2D eigenvalue weighted by atomic mass is 35.5. The third kappa shape index (κ3) is 3.87. The van der Waals surface area contributed by atoms with Crippen LogP contribution in [0.15, 0.2) is 18.2 Å². The van der Waals surface area contributed by atoms with Crippen LogP contribution in [0.3, 0.4) is 0 Å². The van der Waals surface area contributed by atoms with Crippen LogP contribution < -0.4 is 5.73 Å². The smallest absolute Gasteiger partial charge is 0.222 e. The van der Waals surface area contributed by atoms with Gasteiger partial charge in [0.1, 0.15) is 0 Å². The summed E-state index contributed by atoms with van der Waals surface area (Å²) in [6.45, 7) is 0.539. The van der Waals surface area contributed by atoms with Gasteiger partial charge in [0.2, 0.25) is 5.91 Å². The van der Waals surface area contributed by atoms with Crippen LogP contribution in [0.1, 0.15) is 31.2 Å². The summed E-state index contributed by atoms with van der Waals surface area (Å²) in [7, 11) is 1.81. The van der Waals surface area contributed by atoms with Crippen molar-refractivity contribution in [3.8, 4) is 0 Å². The Labute approximate surface area is 130 Å². The van der Waals surface area contributed by atoms with Gasteiger partial charge in [0.15, 0.2) is 0 Å². The molecule has 1 amide bonds. The molecule has 1 aromatic rings. The molecule has 0 bridgehead atoms. The molecule has 0 unspecified atom stereocenters. The molecule has 5 heteroatoms. The SMILES string of the molecule is CN(Cc1ccc(Cl)c(Cl)c1)C(=O)C[C@@H]1CCC[C@H]1N. The van der Waals surface area contributed by atoms with Gasteiger partial charge in [-0.3, -0.25) is 4.79 Å². The molecule has 0 heterocycles. The monoisotopic (exact) mass is 314 g/mol. The number of rotatable bonds is 4. The Morgan fingerprint density at radius 2 is 2.10 bits per heavy atom. The number of nitrogens with zero attached hydrogens (tertiary/aromatic N) is 1. The van der Waals surface area contributed by atoms with E-state index < -0.39 is 0 Å². The number of halogens is 2. The molecule has 2 atom stereocenters. The standard InChI is InChI=1S/C15H20Cl2N2O/c1-19(9-10-5-6-12(16)13(17)7-10)15(20)8-11-3-2-4-14(11)18/h5-7,11,14H,2-4,8-9,18H2,1H3/t11-,14+/m0/s1. The zero-order valence-corrected chi connectivity index (χ0v) is 13.1. The lowest BCUT2D eigenvalue weighted by atomic mass is 9.99. The number of hydrogen-bond donors (Lipinski definition) is 1.